The zero-order valence-corrected chi connectivity index (χ0v) is 15.6. The first-order valence-corrected chi connectivity index (χ1v) is 9.84. The molecule has 1 saturated heterocycles. The van der Waals surface area contributed by atoms with E-state index in [2.05, 4.69) is 4.40 Å². The van der Waals surface area contributed by atoms with Gasteiger partial charge in [0.25, 0.3) is 10.0 Å². The van der Waals surface area contributed by atoms with E-state index in [0.717, 1.165) is 0 Å². The second kappa shape index (κ2) is 7.74. The Bertz CT molecular complexity index is 860. The molecule has 5 nitrogen and oxygen atoms in total. The summed E-state index contributed by atoms with van der Waals surface area (Å²) in [4.78, 5) is 2.00. The van der Waals surface area contributed by atoms with Gasteiger partial charge in [-0.15, -0.1) is 4.40 Å². The Morgan fingerprint density at radius 1 is 0.920 bits per heavy atom. The highest BCUT2D eigenvalue weighted by atomic mass is 35.5. The standard InChI is InChI=1S/C17H16Cl2N2O3S/c18-14-3-1-13(2-4-14)17(21-9-11-24-12-10-21)20-25(22,23)16-7-5-15(19)6-8-16/h1-8H,9-12H2/b20-17-. The van der Waals surface area contributed by atoms with E-state index >= 15 is 0 Å². The largest absolute Gasteiger partial charge is 0.378 e. The van der Waals surface area contributed by atoms with Crippen LogP contribution in [0.2, 0.25) is 10.0 Å². The van der Waals surface area contributed by atoms with Crippen LogP contribution in [0.15, 0.2) is 57.8 Å². The van der Waals surface area contributed by atoms with Gasteiger partial charge in [0, 0.05) is 28.7 Å². The molecule has 0 radical (unpaired) electrons. The molecule has 132 valence electrons. The lowest BCUT2D eigenvalue weighted by Gasteiger charge is -2.29. The van der Waals surface area contributed by atoms with Gasteiger partial charge in [-0.05, 0) is 48.5 Å². The van der Waals surface area contributed by atoms with Crippen molar-refractivity contribution in [2.24, 2.45) is 4.40 Å². The fourth-order valence-electron chi connectivity index (χ4n) is 2.44. The molecule has 1 heterocycles. The molecule has 0 aliphatic carbocycles. The van der Waals surface area contributed by atoms with E-state index < -0.39 is 10.0 Å². The van der Waals surface area contributed by atoms with Crippen molar-refractivity contribution < 1.29 is 13.2 Å². The van der Waals surface area contributed by atoms with Crippen molar-refractivity contribution in [1.29, 1.82) is 0 Å². The van der Waals surface area contributed by atoms with Crippen LogP contribution in [0.4, 0.5) is 0 Å². The molecule has 1 aliphatic rings. The third-order valence-electron chi connectivity index (χ3n) is 3.73. The monoisotopic (exact) mass is 398 g/mol. The molecule has 0 spiro atoms. The summed E-state index contributed by atoms with van der Waals surface area (Å²) >= 11 is 11.8. The van der Waals surface area contributed by atoms with E-state index in [9.17, 15) is 8.42 Å². The van der Waals surface area contributed by atoms with Crippen LogP contribution in [0.25, 0.3) is 0 Å². The predicted octanol–water partition coefficient (Wildman–Crippen LogP) is 3.46. The van der Waals surface area contributed by atoms with Gasteiger partial charge in [0.05, 0.1) is 18.1 Å². The molecule has 3 rings (SSSR count). The predicted molar refractivity (Wildman–Crippen MR) is 99.0 cm³/mol. The minimum atomic E-state index is -3.87. The van der Waals surface area contributed by atoms with Gasteiger partial charge in [0.15, 0.2) is 0 Å². The first kappa shape index (κ1) is 18.2. The minimum Gasteiger partial charge on any atom is -0.378 e. The zero-order chi connectivity index (χ0) is 17.9. The minimum absolute atomic E-state index is 0.0941. The Labute approximate surface area is 156 Å². The van der Waals surface area contributed by atoms with Crippen molar-refractivity contribution in [3.63, 3.8) is 0 Å². The first-order chi connectivity index (χ1) is 12.0. The number of amidine groups is 1. The number of morpholine rings is 1. The fraction of sp³-hybridized carbons (Fsp3) is 0.235. The fourth-order valence-corrected chi connectivity index (χ4v) is 3.73. The second-order valence-corrected chi connectivity index (χ2v) is 7.93. The van der Waals surface area contributed by atoms with Crippen LogP contribution >= 0.6 is 23.2 Å². The van der Waals surface area contributed by atoms with Gasteiger partial charge >= 0.3 is 0 Å². The van der Waals surface area contributed by atoms with Gasteiger partial charge < -0.3 is 9.64 Å². The van der Waals surface area contributed by atoms with Crippen LogP contribution in [-0.4, -0.2) is 45.5 Å². The highest BCUT2D eigenvalue weighted by Crippen LogP contribution is 2.19. The van der Waals surface area contributed by atoms with Crippen LogP contribution < -0.4 is 0 Å². The van der Waals surface area contributed by atoms with Gasteiger partial charge in [-0.2, -0.15) is 8.42 Å². The molecule has 1 aliphatic heterocycles. The number of rotatable bonds is 3. The molecule has 2 aromatic rings. The maximum Gasteiger partial charge on any atom is 0.284 e. The molecule has 0 amide bonds. The van der Waals surface area contributed by atoms with Gasteiger partial charge in [-0.1, -0.05) is 23.2 Å². The normalized spacial score (nSPS) is 16.1. The summed E-state index contributed by atoms with van der Waals surface area (Å²) in [7, 11) is -3.87. The highest BCUT2D eigenvalue weighted by Gasteiger charge is 2.21. The Balaban J connectivity index is 2.04. The molecule has 0 N–H and O–H groups in total. The number of hydrogen-bond donors (Lipinski definition) is 0. The molecule has 25 heavy (non-hydrogen) atoms. The Morgan fingerprint density at radius 2 is 1.44 bits per heavy atom. The molecule has 0 atom stereocenters. The number of nitrogens with zero attached hydrogens (tertiary/aromatic N) is 2. The molecular weight excluding hydrogens is 383 g/mol. The SMILES string of the molecule is O=S(=O)(/N=C(/c1ccc(Cl)cc1)N1CCOCC1)c1ccc(Cl)cc1. The van der Waals surface area contributed by atoms with Crippen molar-refractivity contribution >= 4 is 39.1 Å². The molecule has 8 heteroatoms. The number of benzene rings is 2. The summed E-state index contributed by atoms with van der Waals surface area (Å²) < 4.78 is 34.9. The van der Waals surface area contributed by atoms with Gasteiger partial charge in [-0.3, -0.25) is 0 Å². The summed E-state index contributed by atoms with van der Waals surface area (Å²) in [6.45, 7) is 2.18. The maximum atomic E-state index is 12.7. The highest BCUT2D eigenvalue weighted by molar-refractivity contribution is 7.90. The van der Waals surface area contributed by atoms with Crippen LogP contribution in [0.3, 0.4) is 0 Å². The second-order valence-electron chi connectivity index (χ2n) is 5.45. The maximum absolute atomic E-state index is 12.7. The summed E-state index contributed by atoms with van der Waals surface area (Å²) in [5.41, 5.74) is 0.684. The van der Waals surface area contributed by atoms with Crippen LogP contribution in [-0.2, 0) is 14.8 Å². The number of hydrogen-bond acceptors (Lipinski definition) is 3. The van der Waals surface area contributed by atoms with Crippen LogP contribution in [0.1, 0.15) is 5.56 Å². The van der Waals surface area contributed by atoms with E-state index in [1.165, 1.54) is 24.3 Å². The van der Waals surface area contributed by atoms with Gasteiger partial charge in [0.1, 0.15) is 5.84 Å². The first-order valence-electron chi connectivity index (χ1n) is 7.65. The van der Waals surface area contributed by atoms with E-state index in [0.29, 0.717) is 47.7 Å². The molecular formula is C17H16Cl2N2O3S. The Kier molecular flexibility index (Phi) is 5.64. The zero-order valence-electron chi connectivity index (χ0n) is 13.2. The molecule has 0 saturated carbocycles. The molecule has 0 bridgehead atoms. The number of ether oxygens (including phenoxy) is 1. The summed E-state index contributed by atoms with van der Waals surface area (Å²) in [6, 6.07) is 12.9. The van der Waals surface area contributed by atoms with Crippen molar-refractivity contribution in [3.05, 3.63) is 64.1 Å². The van der Waals surface area contributed by atoms with E-state index in [1.807, 2.05) is 4.90 Å². The summed E-state index contributed by atoms with van der Waals surface area (Å²) in [6.07, 6.45) is 0. The van der Waals surface area contributed by atoms with E-state index in [-0.39, 0.29) is 4.90 Å². The van der Waals surface area contributed by atoms with Crippen molar-refractivity contribution in [2.75, 3.05) is 26.3 Å². The smallest absolute Gasteiger partial charge is 0.284 e. The lowest BCUT2D eigenvalue weighted by Crippen LogP contribution is -2.41. The van der Waals surface area contributed by atoms with E-state index in [4.69, 9.17) is 27.9 Å². The van der Waals surface area contributed by atoms with E-state index in [1.54, 1.807) is 24.3 Å². The van der Waals surface area contributed by atoms with Crippen LogP contribution in [0, 0.1) is 0 Å². The van der Waals surface area contributed by atoms with Crippen molar-refractivity contribution in [2.45, 2.75) is 4.90 Å². The summed E-state index contributed by atoms with van der Waals surface area (Å²) in [5, 5.41) is 1.04. The van der Waals surface area contributed by atoms with Crippen molar-refractivity contribution in [3.8, 4) is 0 Å². The van der Waals surface area contributed by atoms with Gasteiger partial charge in [0.2, 0.25) is 0 Å². The molecule has 1 fully saturated rings. The summed E-state index contributed by atoms with van der Waals surface area (Å²) in [5.74, 6) is 0.384. The lowest BCUT2D eigenvalue weighted by molar-refractivity contribution is 0.0683. The third-order valence-corrected chi connectivity index (χ3v) is 5.52. The third kappa shape index (κ3) is 4.52. The number of halogens is 2. The molecule has 0 unspecified atom stereocenters. The van der Waals surface area contributed by atoms with Crippen LogP contribution in [0.5, 0.6) is 0 Å². The quantitative estimate of drug-likeness (QED) is 0.586. The Morgan fingerprint density at radius 3 is 2.00 bits per heavy atom. The van der Waals surface area contributed by atoms with Gasteiger partial charge in [-0.25, -0.2) is 0 Å². The van der Waals surface area contributed by atoms with Crippen molar-refractivity contribution in [1.82, 2.24) is 4.90 Å². The number of sulfonamides is 1. The topological polar surface area (TPSA) is 59.0 Å². The molecule has 2 aromatic carbocycles. The average Bonchev–Trinajstić information content (AvgIpc) is 2.62. The Hall–Kier alpha value is -1.60. The average molecular weight is 399 g/mol. The molecule has 0 aromatic heterocycles. The lowest BCUT2D eigenvalue weighted by atomic mass is 10.2.